The van der Waals surface area contributed by atoms with Crippen LogP contribution < -0.4 is 5.32 Å². The van der Waals surface area contributed by atoms with Crippen LogP contribution in [0.1, 0.15) is 56.8 Å². The molecule has 1 N–H and O–H groups in total. The highest BCUT2D eigenvalue weighted by Crippen LogP contribution is 2.30. The molecule has 1 aromatic heterocycles. The third kappa shape index (κ3) is 3.16. The van der Waals surface area contributed by atoms with Crippen LogP contribution in [-0.4, -0.2) is 40.0 Å². The Labute approximate surface area is 132 Å². The minimum Gasteiger partial charge on any atom is -0.367 e. The molecule has 0 spiro atoms. The number of rotatable bonds is 3. The average Bonchev–Trinajstić information content (AvgIpc) is 2.91. The second kappa shape index (κ2) is 6.09. The molecule has 2 unspecified atom stereocenters. The van der Waals surface area contributed by atoms with Crippen molar-refractivity contribution in [2.75, 3.05) is 18.4 Å². The summed E-state index contributed by atoms with van der Waals surface area (Å²) in [4.78, 5) is 11.7. The molecule has 1 aromatic rings. The van der Waals surface area contributed by atoms with E-state index >= 15 is 0 Å². The van der Waals surface area contributed by atoms with Crippen molar-refractivity contribution in [3.8, 4) is 0 Å². The highest BCUT2D eigenvalue weighted by Gasteiger charge is 2.32. The monoisotopic (exact) mass is 308 g/mol. The lowest BCUT2D eigenvalue weighted by atomic mass is 9.97. The fraction of sp³-hybridized carbons (Fsp3) is 0.750. The predicted molar refractivity (Wildman–Crippen MR) is 87.1 cm³/mol. The Morgan fingerprint density at radius 2 is 2.05 bits per heavy atom. The van der Waals surface area contributed by atoms with E-state index in [9.17, 15) is 0 Å². The number of nitrogens with one attached hydrogen (secondary N) is 1. The van der Waals surface area contributed by atoms with Gasteiger partial charge in [0, 0.05) is 30.1 Å². The molecule has 0 aromatic carbocycles. The van der Waals surface area contributed by atoms with Crippen LogP contribution >= 0.6 is 11.6 Å². The second-order valence-corrected chi connectivity index (χ2v) is 7.06. The van der Waals surface area contributed by atoms with E-state index in [1.807, 2.05) is 6.92 Å². The first-order valence-corrected chi connectivity index (χ1v) is 8.47. The SMILES string of the molecule is Cc1c(Cl)nc(C(C)C)nc1NC1CCN2CCCC2C1. The van der Waals surface area contributed by atoms with Crippen molar-refractivity contribution in [3.63, 3.8) is 0 Å². The molecule has 3 heterocycles. The van der Waals surface area contributed by atoms with Gasteiger partial charge in [0.05, 0.1) is 0 Å². The summed E-state index contributed by atoms with van der Waals surface area (Å²) in [6.45, 7) is 8.69. The van der Waals surface area contributed by atoms with E-state index < -0.39 is 0 Å². The van der Waals surface area contributed by atoms with Gasteiger partial charge >= 0.3 is 0 Å². The molecule has 21 heavy (non-hydrogen) atoms. The first kappa shape index (κ1) is 15.0. The molecule has 4 nitrogen and oxygen atoms in total. The molecule has 3 rings (SSSR count). The van der Waals surface area contributed by atoms with Gasteiger partial charge in [0.2, 0.25) is 0 Å². The van der Waals surface area contributed by atoms with Crippen molar-refractivity contribution in [2.24, 2.45) is 0 Å². The highest BCUT2D eigenvalue weighted by atomic mass is 35.5. The molecule has 2 atom stereocenters. The van der Waals surface area contributed by atoms with Crippen LogP contribution in [0.15, 0.2) is 0 Å². The van der Waals surface area contributed by atoms with Crippen LogP contribution in [-0.2, 0) is 0 Å². The summed E-state index contributed by atoms with van der Waals surface area (Å²) in [6, 6.07) is 1.27. The Bertz CT molecular complexity index is 517. The first-order valence-electron chi connectivity index (χ1n) is 8.09. The van der Waals surface area contributed by atoms with E-state index in [2.05, 4.69) is 29.0 Å². The molecule has 0 amide bonds. The zero-order valence-corrected chi connectivity index (χ0v) is 14.0. The maximum absolute atomic E-state index is 6.27. The van der Waals surface area contributed by atoms with Gasteiger partial charge in [-0.25, -0.2) is 9.97 Å². The standard InChI is InChI=1S/C16H25ClN4/c1-10(2)15-19-14(17)11(3)16(20-15)18-12-6-8-21-7-4-5-13(21)9-12/h10,12-13H,4-9H2,1-3H3,(H,18,19,20). The predicted octanol–water partition coefficient (Wildman–Crippen LogP) is 3.60. The molecule has 0 saturated carbocycles. The third-order valence-corrected chi connectivity index (χ3v) is 5.15. The second-order valence-electron chi connectivity index (χ2n) is 6.70. The van der Waals surface area contributed by atoms with Crippen LogP contribution in [0.3, 0.4) is 0 Å². The Hall–Kier alpha value is -0.870. The summed E-state index contributed by atoms with van der Waals surface area (Å²) in [7, 11) is 0. The summed E-state index contributed by atoms with van der Waals surface area (Å²) in [5.74, 6) is 2.04. The Kier molecular flexibility index (Phi) is 4.36. The van der Waals surface area contributed by atoms with E-state index in [0.29, 0.717) is 17.1 Å². The van der Waals surface area contributed by atoms with Crippen molar-refractivity contribution in [1.29, 1.82) is 0 Å². The van der Waals surface area contributed by atoms with Gasteiger partial charge < -0.3 is 10.2 Å². The molecular weight excluding hydrogens is 284 g/mol. The molecule has 2 aliphatic heterocycles. The van der Waals surface area contributed by atoms with Gasteiger partial charge in [0.15, 0.2) is 0 Å². The lowest BCUT2D eigenvalue weighted by molar-refractivity contribution is 0.188. The average molecular weight is 309 g/mol. The van der Waals surface area contributed by atoms with E-state index in [0.717, 1.165) is 23.2 Å². The van der Waals surface area contributed by atoms with Crippen LogP contribution in [0, 0.1) is 6.92 Å². The Balaban J connectivity index is 1.75. The van der Waals surface area contributed by atoms with Crippen LogP contribution in [0.25, 0.3) is 0 Å². The van der Waals surface area contributed by atoms with Crippen molar-refractivity contribution < 1.29 is 0 Å². The molecule has 0 bridgehead atoms. The number of nitrogens with zero attached hydrogens (tertiary/aromatic N) is 3. The number of hydrogen-bond donors (Lipinski definition) is 1. The largest absolute Gasteiger partial charge is 0.367 e. The number of anilines is 1. The van der Waals surface area contributed by atoms with Gasteiger partial charge in [-0.2, -0.15) is 0 Å². The maximum atomic E-state index is 6.27. The number of hydrogen-bond acceptors (Lipinski definition) is 4. The van der Waals surface area contributed by atoms with Crippen molar-refractivity contribution in [3.05, 3.63) is 16.5 Å². The number of aromatic nitrogens is 2. The number of piperidine rings is 1. The summed E-state index contributed by atoms with van der Waals surface area (Å²) < 4.78 is 0. The highest BCUT2D eigenvalue weighted by molar-refractivity contribution is 6.30. The first-order chi connectivity index (χ1) is 10.0. The number of halogens is 1. The molecule has 116 valence electrons. The van der Waals surface area contributed by atoms with E-state index in [4.69, 9.17) is 16.6 Å². The Morgan fingerprint density at radius 1 is 1.24 bits per heavy atom. The fourth-order valence-corrected chi connectivity index (χ4v) is 3.63. The molecule has 0 aliphatic carbocycles. The molecule has 0 radical (unpaired) electrons. The normalized spacial score (nSPS) is 26.1. The van der Waals surface area contributed by atoms with Gasteiger partial charge in [-0.3, -0.25) is 0 Å². The van der Waals surface area contributed by atoms with Crippen molar-refractivity contribution >= 4 is 17.4 Å². The van der Waals surface area contributed by atoms with Gasteiger partial charge in [0.25, 0.3) is 0 Å². The Morgan fingerprint density at radius 3 is 2.81 bits per heavy atom. The quantitative estimate of drug-likeness (QED) is 0.866. The topological polar surface area (TPSA) is 41.1 Å². The summed E-state index contributed by atoms with van der Waals surface area (Å²) in [5.41, 5.74) is 0.968. The lowest BCUT2D eigenvalue weighted by Gasteiger charge is -2.35. The molecule has 2 saturated heterocycles. The summed E-state index contributed by atoms with van der Waals surface area (Å²) in [5, 5.41) is 4.21. The van der Waals surface area contributed by atoms with E-state index in [1.165, 1.54) is 38.8 Å². The molecule has 5 heteroatoms. The van der Waals surface area contributed by atoms with Gasteiger partial charge in [-0.1, -0.05) is 25.4 Å². The minimum atomic E-state index is 0.292. The lowest BCUT2D eigenvalue weighted by Crippen LogP contribution is -2.43. The van der Waals surface area contributed by atoms with Gasteiger partial charge in [-0.15, -0.1) is 0 Å². The minimum absolute atomic E-state index is 0.292. The fourth-order valence-electron chi connectivity index (χ4n) is 3.45. The number of fused-ring (bicyclic) bond motifs is 1. The third-order valence-electron chi connectivity index (χ3n) is 4.78. The molecular formula is C16H25ClN4. The van der Waals surface area contributed by atoms with Gasteiger partial charge in [0.1, 0.15) is 16.8 Å². The van der Waals surface area contributed by atoms with E-state index in [1.54, 1.807) is 0 Å². The van der Waals surface area contributed by atoms with Crippen LogP contribution in [0.2, 0.25) is 5.15 Å². The van der Waals surface area contributed by atoms with Crippen LogP contribution in [0.4, 0.5) is 5.82 Å². The zero-order valence-electron chi connectivity index (χ0n) is 13.2. The van der Waals surface area contributed by atoms with Crippen molar-refractivity contribution in [2.45, 2.75) is 64.5 Å². The van der Waals surface area contributed by atoms with Crippen molar-refractivity contribution in [1.82, 2.24) is 14.9 Å². The van der Waals surface area contributed by atoms with Crippen LogP contribution in [0.5, 0.6) is 0 Å². The maximum Gasteiger partial charge on any atom is 0.137 e. The van der Waals surface area contributed by atoms with Gasteiger partial charge in [-0.05, 0) is 39.2 Å². The molecule has 2 aliphatic rings. The zero-order chi connectivity index (χ0) is 15.0. The molecule has 2 fully saturated rings. The summed E-state index contributed by atoms with van der Waals surface area (Å²) in [6.07, 6.45) is 5.11. The van der Waals surface area contributed by atoms with E-state index in [-0.39, 0.29) is 0 Å². The smallest absolute Gasteiger partial charge is 0.137 e. The summed E-state index contributed by atoms with van der Waals surface area (Å²) >= 11 is 6.27.